The van der Waals surface area contributed by atoms with Crippen molar-refractivity contribution in [3.8, 4) is 5.75 Å². The van der Waals surface area contributed by atoms with Crippen LogP contribution in [0.15, 0.2) is 24.3 Å². The Hall–Kier alpha value is -1.51. The highest BCUT2D eigenvalue weighted by Gasteiger charge is 2.25. The first-order valence-electron chi connectivity index (χ1n) is 7.13. The summed E-state index contributed by atoms with van der Waals surface area (Å²) < 4.78 is 5.97. The van der Waals surface area contributed by atoms with E-state index >= 15 is 0 Å². The summed E-state index contributed by atoms with van der Waals surface area (Å²) in [6, 6.07) is 7.23. The summed E-state index contributed by atoms with van der Waals surface area (Å²) in [4.78, 5) is 11.3. The molecule has 0 saturated heterocycles. The van der Waals surface area contributed by atoms with E-state index in [0.29, 0.717) is 11.3 Å². The fourth-order valence-corrected chi connectivity index (χ4v) is 2.83. The molecule has 19 heavy (non-hydrogen) atoms. The van der Waals surface area contributed by atoms with Gasteiger partial charge < -0.3 is 10.5 Å². The van der Waals surface area contributed by atoms with Crippen LogP contribution in [0.3, 0.4) is 0 Å². The van der Waals surface area contributed by atoms with Gasteiger partial charge in [0.15, 0.2) is 0 Å². The van der Waals surface area contributed by atoms with Crippen LogP contribution in [-0.4, -0.2) is 12.0 Å². The minimum atomic E-state index is -0.425. The Kier molecular flexibility index (Phi) is 4.46. The Bertz CT molecular complexity index is 434. The van der Waals surface area contributed by atoms with Gasteiger partial charge in [-0.3, -0.25) is 4.79 Å². The van der Waals surface area contributed by atoms with Crippen LogP contribution in [0.5, 0.6) is 5.75 Å². The summed E-state index contributed by atoms with van der Waals surface area (Å²) in [7, 11) is 0. The highest BCUT2D eigenvalue weighted by molar-refractivity contribution is 5.95. The summed E-state index contributed by atoms with van der Waals surface area (Å²) in [6.45, 7) is 4.57. The Balaban J connectivity index is 1.98. The fourth-order valence-electron chi connectivity index (χ4n) is 2.83. The topological polar surface area (TPSA) is 52.3 Å². The number of nitrogens with two attached hydrogens (primary N) is 1. The second-order valence-corrected chi connectivity index (χ2v) is 5.76. The third kappa shape index (κ3) is 3.49. The van der Waals surface area contributed by atoms with Crippen LogP contribution in [-0.2, 0) is 0 Å². The zero-order valence-electron chi connectivity index (χ0n) is 11.8. The summed E-state index contributed by atoms with van der Waals surface area (Å²) in [5.74, 6) is 1.76. The van der Waals surface area contributed by atoms with E-state index in [1.807, 2.05) is 18.2 Å². The third-order valence-corrected chi connectivity index (χ3v) is 4.11. The molecular weight excluding hydrogens is 238 g/mol. The van der Waals surface area contributed by atoms with Crippen LogP contribution in [0.2, 0.25) is 0 Å². The largest absolute Gasteiger partial charge is 0.490 e. The maximum atomic E-state index is 11.3. The first-order valence-corrected chi connectivity index (χ1v) is 7.13. The molecule has 0 aliphatic heterocycles. The number of carbonyl (C=O) groups excluding carboxylic acids is 1. The average Bonchev–Trinajstić information content (AvgIpc) is 2.39. The first-order chi connectivity index (χ1) is 9.08. The molecule has 1 amide bonds. The van der Waals surface area contributed by atoms with Gasteiger partial charge in [0.1, 0.15) is 5.75 Å². The summed E-state index contributed by atoms with van der Waals surface area (Å²) in [5.41, 5.74) is 5.84. The minimum absolute atomic E-state index is 0.218. The van der Waals surface area contributed by atoms with Gasteiger partial charge in [0.05, 0.1) is 11.7 Å². The van der Waals surface area contributed by atoms with Crippen LogP contribution in [0.4, 0.5) is 0 Å². The third-order valence-electron chi connectivity index (χ3n) is 4.11. The molecule has 0 unspecified atom stereocenters. The maximum absolute atomic E-state index is 11.3. The van der Waals surface area contributed by atoms with Crippen LogP contribution >= 0.6 is 0 Å². The van der Waals surface area contributed by atoms with Crippen molar-refractivity contribution in [3.05, 3.63) is 29.8 Å². The monoisotopic (exact) mass is 261 g/mol. The van der Waals surface area contributed by atoms with Crippen molar-refractivity contribution in [2.24, 2.45) is 17.6 Å². The van der Waals surface area contributed by atoms with Gasteiger partial charge in [0.25, 0.3) is 5.91 Å². The van der Waals surface area contributed by atoms with Gasteiger partial charge in [-0.15, -0.1) is 0 Å². The molecule has 104 valence electrons. The van der Waals surface area contributed by atoms with Crippen molar-refractivity contribution in [1.82, 2.24) is 0 Å². The zero-order valence-corrected chi connectivity index (χ0v) is 11.8. The molecule has 0 atom stereocenters. The van der Waals surface area contributed by atoms with Crippen LogP contribution < -0.4 is 10.5 Å². The Morgan fingerprint density at radius 2 is 1.84 bits per heavy atom. The molecule has 2 rings (SSSR count). The number of rotatable bonds is 4. The lowest BCUT2D eigenvalue weighted by Gasteiger charge is -2.31. The van der Waals surface area contributed by atoms with Crippen molar-refractivity contribution >= 4 is 5.91 Å². The van der Waals surface area contributed by atoms with Crippen molar-refractivity contribution < 1.29 is 9.53 Å². The van der Waals surface area contributed by atoms with Gasteiger partial charge >= 0.3 is 0 Å². The smallest absolute Gasteiger partial charge is 0.252 e. The maximum Gasteiger partial charge on any atom is 0.252 e. The first kappa shape index (κ1) is 13.9. The van der Waals surface area contributed by atoms with Crippen LogP contribution in [0.1, 0.15) is 49.9 Å². The van der Waals surface area contributed by atoms with E-state index in [-0.39, 0.29) is 6.10 Å². The average molecular weight is 261 g/mol. The molecule has 1 aromatic carbocycles. The molecule has 3 heteroatoms. The number of benzene rings is 1. The van der Waals surface area contributed by atoms with E-state index in [2.05, 4.69) is 13.8 Å². The fraction of sp³-hybridized carbons (Fsp3) is 0.562. The highest BCUT2D eigenvalue weighted by atomic mass is 16.5. The van der Waals surface area contributed by atoms with Gasteiger partial charge in [0.2, 0.25) is 0 Å². The lowest BCUT2D eigenvalue weighted by molar-refractivity contribution is 0.0973. The number of ether oxygens (including phenoxy) is 1. The number of para-hydroxylation sites is 1. The van der Waals surface area contributed by atoms with E-state index in [9.17, 15) is 4.79 Å². The quantitative estimate of drug-likeness (QED) is 0.903. The number of primary amides is 1. The second kappa shape index (κ2) is 6.09. The predicted octanol–water partition coefficient (Wildman–Crippen LogP) is 3.38. The van der Waals surface area contributed by atoms with E-state index in [1.165, 1.54) is 12.8 Å². The number of hydrogen-bond acceptors (Lipinski definition) is 2. The van der Waals surface area contributed by atoms with E-state index < -0.39 is 5.91 Å². The molecule has 1 aliphatic rings. The standard InChI is InChI=1S/C16H23NO2/c1-11(2)12-7-9-13(10-8-12)19-15-6-4-3-5-14(15)16(17)18/h3-6,11-13H,7-10H2,1-2H3,(H2,17,18). The molecule has 1 aliphatic carbocycles. The van der Waals surface area contributed by atoms with Crippen LogP contribution in [0, 0.1) is 11.8 Å². The normalized spacial score (nSPS) is 23.3. The van der Waals surface area contributed by atoms with Crippen molar-refractivity contribution in [1.29, 1.82) is 0 Å². The number of amides is 1. The summed E-state index contributed by atoms with van der Waals surface area (Å²) >= 11 is 0. The van der Waals surface area contributed by atoms with Gasteiger partial charge in [-0.2, -0.15) is 0 Å². The molecule has 0 aromatic heterocycles. The Labute approximate surface area is 115 Å². The zero-order chi connectivity index (χ0) is 13.8. The predicted molar refractivity (Wildman–Crippen MR) is 76.2 cm³/mol. The number of hydrogen-bond donors (Lipinski definition) is 1. The van der Waals surface area contributed by atoms with Crippen molar-refractivity contribution in [2.75, 3.05) is 0 Å². The van der Waals surface area contributed by atoms with E-state index in [4.69, 9.17) is 10.5 Å². The Morgan fingerprint density at radius 3 is 2.42 bits per heavy atom. The van der Waals surface area contributed by atoms with E-state index in [0.717, 1.165) is 24.7 Å². The molecular formula is C16H23NO2. The van der Waals surface area contributed by atoms with Crippen LogP contribution in [0.25, 0.3) is 0 Å². The van der Waals surface area contributed by atoms with E-state index in [1.54, 1.807) is 6.07 Å². The molecule has 1 fully saturated rings. The molecule has 0 bridgehead atoms. The summed E-state index contributed by atoms with van der Waals surface area (Å²) in [6.07, 6.45) is 4.77. The number of carbonyl (C=O) groups is 1. The van der Waals surface area contributed by atoms with Gasteiger partial charge in [-0.25, -0.2) is 0 Å². The highest BCUT2D eigenvalue weighted by Crippen LogP contribution is 2.32. The van der Waals surface area contributed by atoms with Gasteiger partial charge in [0, 0.05) is 0 Å². The Morgan fingerprint density at radius 1 is 1.21 bits per heavy atom. The minimum Gasteiger partial charge on any atom is -0.490 e. The molecule has 0 radical (unpaired) electrons. The summed E-state index contributed by atoms with van der Waals surface area (Å²) in [5, 5.41) is 0. The molecule has 2 N–H and O–H groups in total. The van der Waals surface area contributed by atoms with Crippen molar-refractivity contribution in [3.63, 3.8) is 0 Å². The molecule has 3 nitrogen and oxygen atoms in total. The second-order valence-electron chi connectivity index (χ2n) is 5.76. The lowest BCUT2D eigenvalue weighted by atomic mass is 9.80. The SMILES string of the molecule is CC(C)C1CCC(Oc2ccccc2C(N)=O)CC1. The van der Waals surface area contributed by atoms with Gasteiger partial charge in [-0.1, -0.05) is 26.0 Å². The molecule has 0 spiro atoms. The van der Waals surface area contributed by atoms with Crippen molar-refractivity contribution in [2.45, 2.75) is 45.6 Å². The molecule has 1 saturated carbocycles. The lowest BCUT2D eigenvalue weighted by Crippen LogP contribution is -2.27. The molecule has 1 aromatic rings. The molecule has 0 heterocycles. The van der Waals surface area contributed by atoms with Gasteiger partial charge in [-0.05, 0) is 49.7 Å².